The number of carbonyl (C=O) groups is 2. The maximum absolute atomic E-state index is 10.6. The highest BCUT2D eigenvalue weighted by Gasteiger charge is 2.38. The molecule has 208 valence electrons. The third-order valence-corrected chi connectivity index (χ3v) is 5.53. The lowest BCUT2D eigenvalue weighted by Crippen LogP contribution is -2.32. The number of alkyl halides is 6. The van der Waals surface area contributed by atoms with E-state index in [0.717, 1.165) is 31.9 Å². The number of aliphatic carboxylic acids is 2. The smallest absolute Gasteiger partial charge is 0.475 e. The van der Waals surface area contributed by atoms with Crippen LogP contribution in [-0.4, -0.2) is 66.8 Å². The van der Waals surface area contributed by atoms with Gasteiger partial charge in [-0.25, -0.2) is 9.59 Å². The number of carboxylic acid groups (broad SMARTS) is 2. The molecule has 0 bridgehead atoms. The van der Waals surface area contributed by atoms with Gasteiger partial charge in [0.1, 0.15) is 0 Å². The van der Waals surface area contributed by atoms with Crippen molar-refractivity contribution in [3.8, 4) is 0 Å². The van der Waals surface area contributed by atoms with Gasteiger partial charge in [0.15, 0.2) is 0 Å². The Kier molecular flexibility index (Phi) is 11.2. The molecule has 0 fully saturated rings. The zero-order valence-electron chi connectivity index (χ0n) is 19.4. The fraction of sp³-hybridized carbons (Fsp3) is 0.364. The van der Waals surface area contributed by atoms with Gasteiger partial charge in [0, 0.05) is 36.9 Å². The van der Waals surface area contributed by atoms with Crippen LogP contribution in [0.2, 0.25) is 0 Å². The molecule has 2 N–H and O–H groups in total. The van der Waals surface area contributed by atoms with Crippen LogP contribution in [0.25, 0.3) is 0 Å². The van der Waals surface area contributed by atoms with E-state index in [1.165, 1.54) is 10.6 Å². The van der Waals surface area contributed by atoms with Crippen molar-refractivity contribution >= 4 is 23.3 Å². The largest absolute Gasteiger partial charge is 0.490 e. The van der Waals surface area contributed by atoms with Gasteiger partial charge < -0.3 is 14.9 Å². The standard InChI is InChI=1S/C18H20N4OS.2C2HF3O2/c1-2-7-19-15(4-1)14-23-17-11-21(13-18-5-3-9-24-18)10-16-6-8-20-22(16)12-17;2*3-2(4,5)1(6)7/h1-9,17H,10-14H2;2*(H,6,7). The maximum atomic E-state index is 10.6. The van der Waals surface area contributed by atoms with Crippen molar-refractivity contribution in [2.45, 2.75) is 44.7 Å². The van der Waals surface area contributed by atoms with E-state index in [4.69, 9.17) is 24.5 Å². The number of rotatable bonds is 5. The first kappa shape index (κ1) is 30.7. The van der Waals surface area contributed by atoms with Crippen LogP contribution in [0.3, 0.4) is 0 Å². The molecular weight excluding hydrogens is 546 g/mol. The molecule has 1 atom stereocenters. The molecule has 1 aliphatic heterocycles. The van der Waals surface area contributed by atoms with Gasteiger partial charge in [-0.05, 0) is 29.6 Å². The molecule has 9 nitrogen and oxygen atoms in total. The Labute approximate surface area is 215 Å². The Hall–Kier alpha value is -3.50. The second-order valence-electron chi connectivity index (χ2n) is 7.61. The average Bonchev–Trinajstić information content (AvgIpc) is 3.47. The van der Waals surface area contributed by atoms with Crippen LogP contribution >= 0.6 is 11.3 Å². The van der Waals surface area contributed by atoms with Crippen molar-refractivity contribution in [3.63, 3.8) is 0 Å². The quantitative estimate of drug-likeness (QED) is 0.440. The summed E-state index contributed by atoms with van der Waals surface area (Å²) in [4.78, 5) is 26.0. The first-order chi connectivity index (χ1) is 17.8. The Balaban J connectivity index is 0.000000301. The monoisotopic (exact) mass is 568 g/mol. The molecular formula is C22H22F6N4O5S. The van der Waals surface area contributed by atoms with Gasteiger partial charge in [0.05, 0.1) is 30.6 Å². The van der Waals surface area contributed by atoms with Gasteiger partial charge in [-0.1, -0.05) is 12.1 Å². The number of hydrogen-bond donors (Lipinski definition) is 2. The molecule has 0 amide bonds. The first-order valence-corrected chi connectivity index (χ1v) is 11.5. The molecule has 38 heavy (non-hydrogen) atoms. The van der Waals surface area contributed by atoms with Gasteiger partial charge >= 0.3 is 24.3 Å². The summed E-state index contributed by atoms with van der Waals surface area (Å²) in [6.45, 7) is 4.08. The summed E-state index contributed by atoms with van der Waals surface area (Å²) in [5.74, 6) is -5.51. The summed E-state index contributed by atoms with van der Waals surface area (Å²) >= 11 is 1.80. The number of aromatic nitrogens is 3. The molecule has 0 aliphatic carbocycles. The van der Waals surface area contributed by atoms with Crippen LogP contribution in [0.4, 0.5) is 26.3 Å². The van der Waals surface area contributed by atoms with Crippen LogP contribution in [0.1, 0.15) is 16.3 Å². The molecule has 0 spiro atoms. The minimum atomic E-state index is -5.08. The molecule has 4 rings (SSSR count). The predicted molar refractivity (Wildman–Crippen MR) is 121 cm³/mol. The third-order valence-electron chi connectivity index (χ3n) is 4.67. The highest BCUT2D eigenvalue weighted by atomic mass is 32.1. The molecule has 3 aromatic rings. The van der Waals surface area contributed by atoms with Crippen LogP contribution in [0, 0.1) is 0 Å². The van der Waals surface area contributed by atoms with E-state index < -0.39 is 24.3 Å². The van der Waals surface area contributed by atoms with Crippen LogP contribution in [0.5, 0.6) is 0 Å². The molecule has 1 aliphatic rings. The zero-order chi connectivity index (χ0) is 28.3. The van der Waals surface area contributed by atoms with Crippen LogP contribution in [0.15, 0.2) is 54.2 Å². The average molecular weight is 568 g/mol. The van der Waals surface area contributed by atoms with Crippen molar-refractivity contribution in [2.75, 3.05) is 6.54 Å². The van der Waals surface area contributed by atoms with E-state index in [9.17, 15) is 26.3 Å². The first-order valence-electron chi connectivity index (χ1n) is 10.6. The Morgan fingerprint density at radius 1 is 0.974 bits per heavy atom. The van der Waals surface area contributed by atoms with Gasteiger partial charge in [-0.3, -0.25) is 14.6 Å². The Bertz CT molecular complexity index is 1120. The van der Waals surface area contributed by atoms with Crippen molar-refractivity contribution in [1.29, 1.82) is 0 Å². The number of carboxylic acids is 2. The number of hydrogen-bond acceptors (Lipinski definition) is 7. The highest BCUT2D eigenvalue weighted by molar-refractivity contribution is 7.09. The lowest BCUT2D eigenvalue weighted by molar-refractivity contribution is -0.193. The summed E-state index contributed by atoms with van der Waals surface area (Å²) in [5.41, 5.74) is 2.21. The molecule has 1 unspecified atom stereocenters. The lowest BCUT2D eigenvalue weighted by atomic mass is 10.3. The summed E-state index contributed by atoms with van der Waals surface area (Å²) in [5, 5.41) is 20.8. The number of thiophene rings is 1. The van der Waals surface area contributed by atoms with E-state index in [0.29, 0.717) is 6.61 Å². The van der Waals surface area contributed by atoms with Gasteiger partial charge in [-0.15, -0.1) is 11.3 Å². The van der Waals surface area contributed by atoms with Crippen molar-refractivity contribution in [2.24, 2.45) is 0 Å². The number of fused-ring (bicyclic) bond motifs is 1. The van der Waals surface area contributed by atoms with Gasteiger partial charge in [-0.2, -0.15) is 31.4 Å². The number of ether oxygens (including phenoxy) is 1. The maximum Gasteiger partial charge on any atom is 0.490 e. The SMILES string of the molecule is O=C(O)C(F)(F)F.O=C(O)C(F)(F)F.c1ccc(COC2CN(Cc3cccs3)Cc3ccnn3C2)nc1. The minimum Gasteiger partial charge on any atom is -0.475 e. The summed E-state index contributed by atoms with van der Waals surface area (Å²) in [6.07, 6.45) is -6.38. The van der Waals surface area contributed by atoms with Crippen molar-refractivity contribution in [1.82, 2.24) is 19.7 Å². The van der Waals surface area contributed by atoms with Gasteiger partial charge in [0.2, 0.25) is 0 Å². The van der Waals surface area contributed by atoms with E-state index in [1.807, 2.05) is 24.4 Å². The fourth-order valence-corrected chi connectivity index (χ4v) is 3.77. The molecule has 16 heteroatoms. The lowest BCUT2D eigenvalue weighted by Gasteiger charge is -2.23. The predicted octanol–water partition coefficient (Wildman–Crippen LogP) is 4.21. The highest BCUT2D eigenvalue weighted by Crippen LogP contribution is 2.19. The molecule has 0 radical (unpaired) electrons. The third kappa shape index (κ3) is 10.9. The fourth-order valence-electron chi connectivity index (χ4n) is 3.03. The summed E-state index contributed by atoms with van der Waals surface area (Å²) < 4.78 is 71.7. The molecule has 0 aromatic carbocycles. The Morgan fingerprint density at radius 3 is 2.16 bits per heavy atom. The second kappa shape index (κ2) is 13.9. The molecule has 0 saturated heterocycles. The normalized spacial score (nSPS) is 15.7. The zero-order valence-corrected chi connectivity index (χ0v) is 20.2. The van der Waals surface area contributed by atoms with Crippen LogP contribution < -0.4 is 0 Å². The molecule has 3 aromatic heterocycles. The van der Waals surface area contributed by atoms with Crippen LogP contribution in [-0.2, 0) is 40.6 Å². The number of nitrogens with zero attached hydrogens (tertiary/aromatic N) is 4. The topological polar surface area (TPSA) is 118 Å². The van der Waals surface area contributed by atoms with E-state index in [-0.39, 0.29) is 6.10 Å². The summed E-state index contributed by atoms with van der Waals surface area (Å²) in [7, 11) is 0. The number of pyridine rings is 1. The summed E-state index contributed by atoms with van der Waals surface area (Å²) in [6, 6.07) is 12.3. The van der Waals surface area contributed by atoms with E-state index in [1.54, 1.807) is 17.5 Å². The van der Waals surface area contributed by atoms with Gasteiger partial charge in [0.25, 0.3) is 0 Å². The number of halogens is 6. The van der Waals surface area contributed by atoms with E-state index >= 15 is 0 Å². The van der Waals surface area contributed by atoms with E-state index in [2.05, 4.69) is 43.2 Å². The Morgan fingerprint density at radius 2 is 1.63 bits per heavy atom. The molecule has 4 heterocycles. The minimum absolute atomic E-state index is 0.105. The second-order valence-corrected chi connectivity index (χ2v) is 8.65. The van der Waals surface area contributed by atoms with Crippen molar-refractivity contribution in [3.05, 3.63) is 70.4 Å². The molecule has 0 saturated carbocycles. The van der Waals surface area contributed by atoms with Crippen molar-refractivity contribution < 1.29 is 50.9 Å².